The summed E-state index contributed by atoms with van der Waals surface area (Å²) >= 11 is 0. The fraction of sp³-hybridized carbons (Fsp3) is 0.500. The van der Waals surface area contributed by atoms with Gasteiger partial charge in [0.05, 0.1) is 10.5 Å². The Bertz CT molecular complexity index is 639. The van der Waals surface area contributed by atoms with Gasteiger partial charge in [-0.25, -0.2) is 17.5 Å². The maximum absolute atomic E-state index is 12.4. The first kappa shape index (κ1) is 15.0. The van der Waals surface area contributed by atoms with E-state index in [4.69, 9.17) is 5.11 Å². The Morgan fingerprint density at radius 1 is 1.45 bits per heavy atom. The lowest BCUT2D eigenvalue weighted by molar-refractivity contribution is 0.0696. The van der Waals surface area contributed by atoms with Gasteiger partial charge in [0, 0.05) is 13.6 Å². The highest BCUT2D eigenvalue weighted by atomic mass is 32.2. The number of aryl methyl sites for hydroxylation is 1. The van der Waals surface area contributed by atoms with Crippen LogP contribution in [-0.4, -0.2) is 37.4 Å². The highest BCUT2D eigenvalue weighted by Gasteiger charge is 2.36. The number of carbonyl (C=O) groups is 1. The average molecular weight is 297 g/mol. The molecule has 1 aromatic rings. The van der Waals surface area contributed by atoms with Gasteiger partial charge in [0.15, 0.2) is 0 Å². The van der Waals surface area contributed by atoms with Gasteiger partial charge in [-0.15, -0.1) is 0 Å². The van der Waals surface area contributed by atoms with Gasteiger partial charge in [0.25, 0.3) is 0 Å². The van der Waals surface area contributed by atoms with Crippen molar-refractivity contribution in [3.05, 3.63) is 29.3 Å². The van der Waals surface area contributed by atoms with Crippen molar-refractivity contribution in [3.63, 3.8) is 0 Å². The topological polar surface area (TPSA) is 74.7 Å². The number of hydrogen-bond acceptors (Lipinski definition) is 3. The van der Waals surface area contributed by atoms with Crippen molar-refractivity contribution in [1.29, 1.82) is 0 Å². The molecule has 0 amide bonds. The second-order valence-corrected chi connectivity index (χ2v) is 7.59. The first-order valence-electron chi connectivity index (χ1n) is 6.53. The Balaban J connectivity index is 2.29. The summed E-state index contributed by atoms with van der Waals surface area (Å²) in [7, 11) is -2.08. The molecule has 5 nitrogen and oxygen atoms in total. The summed E-state index contributed by atoms with van der Waals surface area (Å²) in [5, 5.41) is 9.08. The van der Waals surface area contributed by atoms with Crippen LogP contribution >= 0.6 is 0 Å². The lowest BCUT2D eigenvalue weighted by atomic mass is 10.1. The quantitative estimate of drug-likeness (QED) is 0.901. The van der Waals surface area contributed by atoms with E-state index >= 15 is 0 Å². The van der Waals surface area contributed by atoms with E-state index in [1.54, 1.807) is 14.0 Å². The zero-order valence-corrected chi connectivity index (χ0v) is 12.6. The Hall–Kier alpha value is -1.40. The number of nitrogens with zero attached hydrogens (tertiary/aromatic N) is 1. The van der Waals surface area contributed by atoms with Crippen LogP contribution in [0.5, 0.6) is 0 Å². The van der Waals surface area contributed by atoms with Crippen molar-refractivity contribution in [3.8, 4) is 0 Å². The third kappa shape index (κ3) is 2.86. The van der Waals surface area contributed by atoms with Crippen LogP contribution in [0, 0.1) is 18.8 Å². The van der Waals surface area contributed by atoms with Crippen molar-refractivity contribution < 1.29 is 18.3 Å². The van der Waals surface area contributed by atoms with Crippen LogP contribution in [0.15, 0.2) is 23.1 Å². The maximum atomic E-state index is 12.4. The van der Waals surface area contributed by atoms with Gasteiger partial charge < -0.3 is 5.11 Å². The summed E-state index contributed by atoms with van der Waals surface area (Å²) in [6, 6.07) is 4.23. The summed E-state index contributed by atoms with van der Waals surface area (Å²) in [5.41, 5.74) is 0.578. The highest BCUT2D eigenvalue weighted by molar-refractivity contribution is 7.89. The molecule has 6 heteroatoms. The highest BCUT2D eigenvalue weighted by Crippen LogP contribution is 2.38. The molecular weight excluding hydrogens is 278 g/mol. The van der Waals surface area contributed by atoms with E-state index < -0.39 is 16.0 Å². The number of aromatic carboxylic acids is 1. The number of hydrogen-bond donors (Lipinski definition) is 1. The molecular formula is C14H19NO4S. The molecule has 2 rings (SSSR count). The summed E-state index contributed by atoms with van der Waals surface area (Å²) in [6.45, 7) is 4.23. The molecule has 1 saturated carbocycles. The minimum Gasteiger partial charge on any atom is -0.478 e. The largest absolute Gasteiger partial charge is 0.478 e. The number of carboxylic acids is 1. The fourth-order valence-electron chi connectivity index (χ4n) is 2.25. The van der Waals surface area contributed by atoms with Crippen LogP contribution in [0.1, 0.15) is 29.3 Å². The van der Waals surface area contributed by atoms with Gasteiger partial charge >= 0.3 is 5.97 Å². The molecule has 1 aliphatic rings. The lowest BCUT2D eigenvalue weighted by Crippen LogP contribution is -2.29. The molecule has 0 spiro atoms. The van der Waals surface area contributed by atoms with Gasteiger partial charge in [0.2, 0.25) is 10.0 Å². The summed E-state index contributed by atoms with van der Waals surface area (Å²) in [5.74, 6) is -0.127. The Labute approximate surface area is 119 Å². The molecule has 0 heterocycles. The molecule has 0 saturated heterocycles. The minimum absolute atomic E-state index is 0.0271. The average Bonchev–Trinajstić information content (AvgIpc) is 3.04. The van der Waals surface area contributed by atoms with Gasteiger partial charge in [-0.3, -0.25) is 0 Å². The van der Waals surface area contributed by atoms with Gasteiger partial charge in [-0.1, -0.05) is 13.0 Å². The molecule has 110 valence electrons. The summed E-state index contributed by atoms with van der Waals surface area (Å²) < 4.78 is 26.2. The van der Waals surface area contributed by atoms with Crippen LogP contribution in [0.4, 0.5) is 0 Å². The molecule has 1 aliphatic carbocycles. The van der Waals surface area contributed by atoms with Crippen LogP contribution in [0.2, 0.25) is 0 Å². The minimum atomic E-state index is -3.62. The smallest absolute Gasteiger partial charge is 0.335 e. The molecule has 1 N–H and O–H groups in total. The number of rotatable bonds is 5. The SMILES string of the molecule is Cc1ccc(S(=O)(=O)N(C)CC2CC2C)cc1C(=O)O. The van der Waals surface area contributed by atoms with Crippen LogP contribution in [0.3, 0.4) is 0 Å². The lowest BCUT2D eigenvalue weighted by Gasteiger charge is -2.17. The summed E-state index contributed by atoms with van der Waals surface area (Å²) in [4.78, 5) is 11.1. The van der Waals surface area contributed by atoms with E-state index in [-0.39, 0.29) is 10.5 Å². The molecule has 1 aromatic carbocycles. The second kappa shape index (κ2) is 5.18. The molecule has 0 aromatic heterocycles. The number of benzene rings is 1. The van der Waals surface area contributed by atoms with Crippen molar-refractivity contribution in [1.82, 2.24) is 4.31 Å². The van der Waals surface area contributed by atoms with Gasteiger partial charge in [0.1, 0.15) is 0 Å². The van der Waals surface area contributed by atoms with E-state index in [0.717, 1.165) is 6.42 Å². The van der Waals surface area contributed by atoms with Gasteiger partial charge in [-0.05, 0) is 42.9 Å². The first-order chi connectivity index (χ1) is 9.23. The van der Waals surface area contributed by atoms with E-state index in [0.29, 0.717) is 23.9 Å². The predicted octanol–water partition coefficient (Wildman–Crippen LogP) is 1.97. The molecule has 20 heavy (non-hydrogen) atoms. The first-order valence-corrected chi connectivity index (χ1v) is 7.97. The van der Waals surface area contributed by atoms with Crippen molar-refractivity contribution >= 4 is 16.0 Å². The second-order valence-electron chi connectivity index (χ2n) is 5.54. The standard InChI is InChI=1S/C14H19NO4S/c1-9-4-5-12(7-13(9)14(16)17)20(18,19)15(3)8-11-6-10(11)2/h4-5,7,10-11H,6,8H2,1-3H3,(H,16,17). The Morgan fingerprint density at radius 2 is 2.05 bits per heavy atom. The zero-order chi connectivity index (χ0) is 15.1. The number of carboxylic acid groups (broad SMARTS) is 1. The van der Waals surface area contributed by atoms with E-state index in [1.807, 2.05) is 0 Å². The van der Waals surface area contributed by atoms with E-state index in [9.17, 15) is 13.2 Å². The maximum Gasteiger partial charge on any atom is 0.335 e. The molecule has 2 unspecified atom stereocenters. The van der Waals surface area contributed by atoms with Crippen molar-refractivity contribution in [2.45, 2.75) is 25.2 Å². The fourth-order valence-corrected chi connectivity index (χ4v) is 3.51. The Kier molecular flexibility index (Phi) is 3.88. The third-order valence-corrected chi connectivity index (χ3v) is 5.73. The third-order valence-electron chi connectivity index (χ3n) is 3.92. The monoisotopic (exact) mass is 297 g/mol. The molecule has 2 atom stereocenters. The molecule has 0 bridgehead atoms. The van der Waals surface area contributed by atoms with Crippen molar-refractivity contribution in [2.24, 2.45) is 11.8 Å². The van der Waals surface area contributed by atoms with E-state index in [2.05, 4.69) is 6.92 Å². The summed E-state index contributed by atoms with van der Waals surface area (Å²) in [6.07, 6.45) is 1.05. The number of sulfonamides is 1. The normalized spacial score (nSPS) is 22.0. The molecule has 0 radical (unpaired) electrons. The van der Waals surface area contributed by atoms with Gasteiger partial charge in [-0.2, -0.15) is 0 Å². The Morgan fingerprint density at radius 3 is 2.55 bits per heavy atom. The van der Waals surface area contributed by atoms with Crippen LogP contribution in [0.25, 0.3) is 0 Å². The van der Waals surface area contributed by atoms with Crippen LogP contribution < -0.4 is 0 Å². The predicted molar refractivity (Wildman–Crippen MR) is 75.2 cm³/mol. The van der Waals surface area contributed by atoms with Crippen LogP contribution in [-0.2, 0) is 10.0 Å². The molecule has 0 aliphatic heterocycles. The van der Waals surface area contributed by atoms with E-state index in [1.165, 1.54) is 22.5 Å². The van der Waals surface area contributed by atoms with Crippen molar-refractivity contribution in [2.75, 3.05) is 13.6 Å². The molecule has 1 fully saturated rings. The zero-order valence-electron chi connectivity index (χ0n) is 11.8.